The van der Waals surface area contributed by atoms with Crippen LogP contribution in [0.15, 0.2) is 47.3 Å². The third-order valence-corrected chi connectivity index (χ3v) is 5.19. The van der Waals surface area contributed by atoms with Crippen molar-refractivity contribution in [3.8, 4) is 0 Å². The van der Waals surface area contributed by atoms with Crippen LogP contribution >= 0.6 is 23.2 Å². The predicted octanol–water partition coefficient (Wildman–Crippen LogP) is 4.46. The molecule has 27 heavy (non-hydrogen) atoms. The molecule has 0 aliphatic rings. The van der Waals surface area contributed by atoms with Crippen LogP contribution in [-0.4, -0.2) is 26.9 Å². The molecular formula is C20H19Cl2N3O2. The topological polar surface area (TPSA) is 55.2 Å². The first kappa shape index (κ1) is 19.4. The van der Waals surface area contributed by atoms with Crippen LogP contribution in [0, 0.1) is 0 Å². The normalized spacial score (nSPS) is 12.2. The Morgan fingerprint density at radius 1 is 1.22 bits per heavy atom. The summed E-state index contributed by atoms with van der Waals surface area (Å²) in [5, 5.41) is 1.37. The molecule has 0 aliphatic heterocycles. The van der Waals surface area contributed by atoms with Gasteiger partial charge < -0.3 is 4.90 Å². The van der Waals surface area contributed by atoms with Crippen molar-refractivity contribution in [3.63, 3.8) is 0 Å². The van der Waals surface area contributed by atoms with Gasteiger partial charge in [0.15, 0.2) is 0 Å². The van der Waals surface area contributed by atoms with Gasteiger partial charge in [0, 0.05) is 18.6 Å². The summed E-state index contributed by atoms with van der Waals surface area (Å²) >= 11 is 12.2. The molecule has 1 amide bonds. The Balaban J connectivity index is 2.09. The maximum atomic E-state index is 13.0. The summed E-state index contributed by atoms with van der Waals surface area (Å²) in [6.45, 7) is 4.16. The van der Waals surface area contributed by atoms with Gasteiger partial charge in [-0.3, -0.25) is 14.2 Å². The first-order valence-electron chi connectivity index (χ1n) is 8.56. The lowest BCUT2D eigenvalue weighted by Crippen LogP contribution is -2.37. The van der Waals surface area contributed by atoms with E-state index in [-0.39, 0.29) is 11.5 Å². The van der Waals surface area contributed by atoms with E-state index in [4.69, 9.17) is 23.2 Å². The van der Waals surface area contributed by atoms with E-state index in [1.165, 1.54) is 4.57 Å². The summed E-state index contributed by atoms with van der Waals surface area (Å²) in [5.74, 6) is 0.271. The van der Waals surface area contributed by atoms with Crippen LogP contribution in [0.2, 0.25) is 10.0 Å². The number of benzene rings is 2. The van der Waals surface area contributed by atoms with Crippen molar-refractivity contribution < 1.29 is 4.79 Å². The molecule has 1 unspecified atom stereocenters. The maximum absolute atomic E-state index is 13.0. The fourth-order valence-electron chi connectivity index (χ4n) is 3.16. The Bertz CT molecular complexity index is 1080. The Labute approximate surface area is 167 Å². The zero-order chi connectivity index (χ0) is 19.7. The van der Waals surface area contributed by atoms with Gasteiger partial charge in [-0.15, -0.1) is 0 Å². The molecule has 3 aromatic rings. The summed E-state index contributed by atoms with van der Waals surface area (Å²) < 4.78 is 1.48. The van der Waals surface area contributed by atoms with E-state index in [0.717, 1.165) is 0 Å². The Kier molecular flexibility index (Phi) is 5.53. The average molecular weight is 404 g/mol. The van der Waals surface area contributed by atoms with Gasteiger partial charge in [-0.1, -0.05) is 35.3 Å². The standard InChI is InChI=1S/C20H19Cl2N3O2/c1-4-25(20(27)14-7-5-6-8-16(14)22)12(2)18-23-17-11-13(21)9-10-15(17)19(26)24(18)3/h5-12H,4H2,1-3H3. The molecule has 0 aliphatic carbocycles. The maximum Gasteiger partial charge on any atom is 0.261 e. The Morgan fingerprint density at radius 3 is 2.59 bits per heavy atom. The quantitative estimate of drug-likeness (QED) is 0.645. The molecule has 0 radical (unpaired) electrons. The molecule has 0 saturated heterocycles. The highest BCUT2D eigenvalue weighted by atomic mass is 35.5. The van der Waals surface area contributed by atoms with Crippen molar-refractivity contribution in [2.75, 3.05) is 6.54 Å². The smallest absolute Gasteiger partial charge is 0.261 e. The van der Waals surface area contributed by atoms with Crippen molar-refractivity contribution >= 4 is 40.0 Å². The zero-order valence-electron chi connectivity index (χ0n) is 15.2. The number of hydrogen-bond donors (Lipinski definition) is 0. The van der Waals surface area contributed by atoms with Crippen molar-refractivity contribution in [1.82, 2.24) is 14.5 Å². The molecule has 1 aromatic heterocycles. The lowest BCUT2D eigenvalue weighted by Gasteiger charge is -2.29. The molecule has 7 heteroatoms. The number of hydrogen-bond acceptors (Lipinski definition) is 3. The van der Waals surface area contributed by atoms with Gasteiger partial charge in [-0.05, 0) is 44.2 Å². The van der Waals surface area contributed by atoms with E-state index in [9.17, 15) is 9.59 Å². The minimum absolute atomic E-state index is 0.181. The van der Waals surface area contributed by atoms with Gasteiger partial charge in [-0.25, -0.2) is 4.98 Å². The van der Waals surface area contributed by atoms with Crippen LogP contribution in [-0.2, 0) is 7.05 Å². The van der Waals surface area contributed by atoms with Gasteiger partial charge in [0.2, 0.25) is 0 Å². The average Bonchev–Trinajstić information content (AvgIpc) is 2.65. The number of carbonyl (C=O) groups excluding carboxylic acids is 1. The second kappa shape index (κ2) is 7.71. The fraction of sp³-hybridized carbons (Fsp3) is 0.250. The van der Waals surface area contributed by atoms with Crippen molar-refractivity contribution in [3.05, 3.63) is 74.3 Å². The number of carbonyl (C=O) groups is 1. The summed E-state index contributed by atoms with van der Waals surface area (Å²) in [6.07, 6.45) is 0. The van der Waals surface area contributed by atoms with Crippen molar-refractivity contribution in [1.29, 1.82) is 0 Å². The van der Waals surface area contributed by atoms with Crippen molar-refractivity contribution in [2.45, 2.75) is 19.9 Å². The first-order chi connectivity index (χ1) is 12.8. The molecule has 1 atom stereocenters. The minimum atomic E-state index is -0.431. The second-order valence-corrected chi connectivity index (χ2v) is 7.09. The SMILES string of the molecule is CCN(C(=O)c1ccccc1Cl)C(C)c1nc2cc(Cl)ccc2c(=O)n1C. The van der Waals surface area contributed by atoms with Gasteiger partial charge in [0.1, 0.15) is 5.82 Å². The number of halogens is 2. The molecule has 0 N–H and O–H groups in total. The number of nitrogens with zero attached hydrogens (tertiary/aromatic N) is 3. The molecule has 140 valence electrons. The van der Waals surface area contributed by atoms with Crippen LogP contribution in [0.25, 0.3) is 10.9 Å². The summed E-state index contributed by atoms with van der Waals surface area (Å²) in [5.41, 5.74) is 0.746. The van der Waals surface area contributed by atoms with E-state index in [1.807, 2.05) is 13.8 Å². The molecule has 5 nitrogen and oxygen atoms in total. The van der Waals surface area contributed by atoms with Crippen LogP contribution in [0.4, 0.5) is 0 Å². The van der Waals surface area contributed by atoms with E-state index in [2.05, 4.69) is 4.98 Å². The molecule has 2 aromatic carbocycles. The fourth-order valence-corrected chi connectivity index (χ4v) is 3.54. The Morgan fingerprint density at radius 2 is 1.93 bits per heavy atom. The highest BCUT2D eigenvalue weighted by Gasteiger charge is 2.26. The molecule has 0 spiro atoms. The van der Waals surface area contributed by atoms with Crippen molar-refractivity contribution in [2.24, 2.45) is 7.05 Å². The van der Waals surface area contributed by atoms with Gasteiger partial charge in [0.25, 0.3) is 11.5 Å². The molecule has 1 heterocycles. The number of fused-ring (bicyclic) bond motifs is 1. The third-order valence-electron chi connectivity index (χ3n) is 4.62. The van der Waals surface area contributed by atoms with Crippen LogP contribution in [0.5, 0.6) is 0 Å². The Hall–Kier alpha value is -2.37. The van der Waals surface area contributed by atoms with Crippen LogP contribution < -0.4 is 5.56 Å². The molecule has 3 rings (SSSR count). The zero-order valence-corrected chi connectivity index (χ0v) is 16.8. The predicted molar refractivity (Wildman–Crippen MR) is 109 cm³/mol. The highest BCUT2D eigenvalue weighted by Crippen LogP contribution is 2.25. The summed E-state index contributed by atoms with van der Waals surface area (Å²) in [4.78, 5) is 32.0. The summed E-state index contributed by atoms with van der Waals surface area (Å²) in [7, 11) is 1.66. The monoisotopic (exact) mass is 403 g/mol. The number of rotatable bonds is 4. The van der Waals surface area contributed by atoms with Gasteiger partial charge >= 0.3 is 0 Å². The van der Waals surface area contributed by atoms with E-state index in [0.29, 0.717) is 38.9 Å². The van der Waals surface area contributed by atoms with Gasteiger partial charge in [0.05, 0.1) is 27.5 Å². The lowest BCUT2D eigenvalue weighted by molar-refractivity contribution is 0.0692. The van der Waals surface area contributed by atoms with E-state index in [1.54, 1.807) is 54.4 Å². The highest BCUT2D eigenvalue weighted by molar-refractivity contribution is 6.33. The van der Waals surface area contributed by atoms with Gasteiger partial charge in [-0.2, -0.15) is 0 Å². The molecule has 0 bridgehead atoms. The molecular weight excluding hydrogens is 385 g/mol. The minimum Gasteiger partial charge on any atom is -0.329 e. The second-order valence-electron chi connectivity index (χ2n) is 6.24. The molecule has 0 fully saturated rings. The number of aromatic nitrogens is 2. The van der Waals surface area contributed by atoms with Crippen LogP contribution in [0.3, 0.4) is 0 Å². The van der Waals surface area contributed by atoms with E-state index < -0.39 is 6.04 Å². The van der Waals surface area contributed by atoms with Crippen LogP contribution in [0.1, 0.15) is 36.1 Å². The van der Waals surface area contributed by atoms with E-state index >= 15 is 0 Å². The first-order valence-corrected chi connectivity index (χ1v) is 9.32. The summed E-state index contributed by atoms with van der Waals surface area (Å²) in [6, 6.07) is 11.5. The number of amides is 1. The third kappa shape index (κ3) is 3.57. The molecule has 0 saturated carbocycles. The lowest BCUT2D eigenvalue weighted by atomic mass is 10.1. The largest absolute Gasteiger partial charge is 0.329 e.